The van der Waals surface area contributed by atoms with Crippen molar-refractivity contribution in [1.82, 2.24) is 5.32 Å². The zero-order valence-corrected chi connectivity index (χ0v) is 13.2. The lowest BCUT2D eigenvalue weighted by Gasteiger charge is -2.17. The average molecular weight is 277 g/mol. The molecule has 3 heteroatoms. The first-order valence-corrected chi connectivity index (χ1v) is 7.39. The third-order valence-electron chi connectivity index (χ3n) is 3.02. The Hall–Kier alpha value is -1.51. The Labute approximate surface area is 122 Å². The highest BCUT2D eigenvalue weighted by Gasteiger charge is 2.09. The highest BCUT2D eigenvalue weighted by atomic mass is 16.5. The molecule has 3 nitrogen and oxygen atoms in total. The van der Waals surface area contributed by atoms with Gasteiger partial charge in [0.2, 0.25) is 5.91 Å². The summed E-state index contributed by atoms with van der Waals surface area (Å²) >= 11 is 0. The average Bonchev–Trinajstić information content (AvgIpc) is 2.36. The van der Waals surface area contributed by atoms with Crippen molar-refractivity contribution in [3.63, 3.8) is 0 Å². The van der Waals surface area contributed by atoms with E-state index in [1.807, 2.05) is 31.2 Å². The quantitative estimate of drug-likeness (QED) is 0.774. The molecule has 0 aliphatic rings. The van der Waals surface area contributed by atoms with Crippen LogP contribution in [0.25, 0.3) is 0 Å². The number of benzene rings is 1. The van der Waals surface area contributed by atoms with Crippen LogP contribution in [0.1, 0.15) is 46.1 Å². The van der Waals surface area contributed by atoms with E-state index in [1.54, 1.807) is 0 Å². The van der Waals surface area contributed by atoms with Crippen molar-refractivity contribution in [2.75, 3.05) is 13.2 Å². The second-order valence-electron chi connectivity index (χ2n) is 6.27. The largest absolute Gasteiger partial charge is 0.494 e. The molecule has 0 saturated carbocycles. The van der Waals surface area contributed by atoms with Gasteiger partial charge in [-0.1, -0.05) is 32.9 Å². The molecule has 0 radical (unpaired) electrons. The van der Waals surface area contributed by atoms with Crippen molar-refractivity contribution in [3.05, 3.63) is 29.8 Å². The van der Waals surface area contributed by atoms with E-state index in [0.29, 0.717) is 18.4 Å². The van der Waals surface area contributed by atoms with Crippen LogP contribution in [0.3, 0.4) is 0 Å². The normalized spacial score (nSPS) is 11.2. The second kappa shape index (κ2) is 7.93. The topological polar surface area (TPSA) is 38.3 Å². The third kappa shape index (κ3) is 7.17. The summed E-state index contributed by atoms with van der Waals surface area (Å²) in [4.78, 5) is 11.8. The molecule has 0 bridgehead atoms. The molecular formula is C17H27NO2. The third-order valence-corrected chi connectivity index (χ3v) is 3.02. The molecule has 1 aromatic carbocycles. The van der Waals surface area contributed by atoms with Crippen LogP contribution in [-0.2, 0) is 11.2 Å². The number of hydrogen-bond donors (Lipinski definition) is 1. The molecule has 0 fully saturated rings. The highest BCUT2D eigenvalue weighted by Crippen LogP contribution is 2.19. The lowest BCUT2D eigenvalue weighted by Crippen LogP contribution is -2.26. The predicted octanol–water partition coefficient (Wildman–Crippen LogP) is 3.57. The van der Waals surface area contributed by atoms with E-state index in [-0.39, 0.29) is 5.91 Å². The van der Waals surface area contributed by atoms with E-state index in [4.69, 9.17) is 4.74 Å². The van der Waals surface area contributed by atoms with E-state index < -0.39 is 0 Å². The Morgan fingerprint density at radius 1 is 1.20 bits per heavy atom. The Morgan fingerprint density at radius 2 is 1.85 bits per heavy atom. The van der Waals surface area contributed by atoms with Crippen LogP contribution in [0.2, 0.25) is 0 Å². The van der Waals surface area contributed by atoms with Crippen LogP contribution in [0, 0.1) is 5.41 Å². The first kappa shape index (κ1) is 16.5. The van der Waals surface area contributed by atoms with E-state index in [9.17, 15) is 4.79 Å². The number of rotatable bonds is 7. The number of nitrogens with one attached hydrogen (secondary N) is 1. The minimum absolute atomic E-state index is 0.0862. The molecule has 0 aromatic heterocycles. The van der Waals surface area contributed by atoms with Gasteiger partial charge in [-0.3, -0.25) is 4.79 Å². The van der Waals surface area contributed by atoms with E-state index >= 15 is 0 Å². The molecule has 0 saturated heterocycles. The predicted molar refractivity (Wildman–Crippen MR) is 83.0 cm³/mol. The fraction of sp³-hybridized carbons (Fsp3) is 0.588. The molecule has 112 valence electrons. The van der Waals surface area contributed by atoms with Gasteiger partial charge in [0.05, 0.1) is 13.0 Å². The number of ether oxygens (including phenoxy) is 1. The van der Waals surface area contributed by atoms with Gasteiger partial charge in [0.1, 0.15) is 5.75 Å². The fourth-order valence-corrected chi connectivity index (χ4v) is 1.96. The van der Waals surface area contributed by atoms with Gasteiger partial charge in [-0.25, -0.2) is 0 Å². The van der Waals surface area contributed by atoms with Crippen LogP contribution in [0.5, 0.6) is 5.75 Å². The summed E-state index contributed by atoms with van der Waals surface area (Å²) in [5.41, 5.74) is 1.35. The molecule has 1 aromatic rings. The summed E-state index contributed by atoms with van der Waals surface area (Å²) in [6.45, 7) is 10.0. The van der Waals surface area contributed by atoms with Gasteiger partial charge in [0.25, 0.3) is 0 Å². The van der Waals surface area contributed by atoms with Crippen molar-refractivity contribution < 1.29 is 9.53 Å². The standard InChI is InChI=1S/C17H27NO2/c1-5-20-15-9-7-14(8-10-15)13-16(19)18-12-6-11-17(2,3)4/h7-10H,5-6,11-13H2,1-4H3,(H,18,19). The highest BCUT2D eigenvalue weighted by molar-refractivity contribution is 5.78. The summed E-state index contributed by atoms with van der Waals surface area (Å²) in [5, 5.41) is 2.97. The van der Waals surface area contributed by atoms with Crippen LogP contribution in [0.15, 0.2) is 24.3 Å². The molecule has 0 aliphatic carbocycles. The van der Waals surface area contributed by atoms with Crippen molar-refractivity contribution in [3.8, 4) is 5.75 Å². The SMILES string of the molecule is CCOc1ccc(CC(=O)NCCCC(C)(C)C)cc1. The zero-order valence-electron chi connectivity index (χ0n) is 13.2. The molecule has 1 rings (SSSR count). The Bertz CT molecular complexity index is 404. The van der Waals surface area contributed by atoms with Gasteiger partial charge in [0.15, 0.2) is 0 Å². The summed E-state index contributed by atoms with van der Waals surface area (Å²) in [7, 11) is 0. The monoisotopic (exact) mass is 277 g/mol. The zero-order chi connectivity index (χ0) is 15.0. The summed E-state index contributed by atoms with van der Waals surface area (Å²) in [6.07, 6.45) is 2.58. The van der Waals surface area contributed by atoms with Crippen LogP contribution >= 0.6 is 0 Å². The van der Waals surface area contributed by atoms with Crippen molar-refractivity contribution in [2.24, 2.45) is 5.41 Å². The Morgan fingerprint density at radius 3 is 2.40 bits per heavy atom. The maximum atomic E-state index is 11.8. The molecule has 0 unspecified atom stereocenters. The minimum atomic E-state index is 0.0862. The van der Waals surface area contributed by atoms with E-state index in [0.717, 1.165) is 30.7 Å². The van der Waals surface area contributed by atoms with Gasteiger partial charge in [0, 0.05) is 6.54 Å². The van der Waals surface area contributed by atoms with Crippen LogP contribution in [-0.4, -0.2) is 19.1 Å². The number of hydrogen-bond acceptors (Lipinski definition) is 2. The van der Waals surface area contributed by atoms with Crippen molar-refractivity contribution in [1.29, 1.82) is 0 Å². The van der Waals surface area contributed by atoms with Crippen molar-refractivity contribution in [2.45, 2.75) is 47.0 Å². The van der Waals surface area contributed by atoms with Gasteiger partial charge in [-0.2, -0.15) is 0 Å². The van der Waals surface area contributed by atoms with E-state index in [1.165, 1.54) is 0 Å². The first-order chi connectivity index (χ1) is 9.40. The van der Waals surface area contributed by atoms with Crippen molar-refractivity contribution >= 4 is 5.91 Å². The van der Waals surface area contributed by atoms with Gasteiger partial charge < -0.3 is 10.1 Å². The maximum Gasteiger partial charge on any atom is 0.224 e. The van der Waals surface area contributed by atoms with Gasteiger partial charge >= 0.3 is 0 Å². The lowest BCUT2D eigenvalue weighted by atomic mass is 9.91. The molecular weight excluding hydrogens is 250 g/mol. The smallest absolute Gasteiger partial charge is 0.224 e. The molecule has 20 heavy (non-hydrogen) atoms. The maximum absolute atomic E-state index is 11.8. The number of amides is 1. The van der Waals surface area contributed by atoms with Gasteiger partial charge in [-0.15, -0.1) is 0 Å². The van der Waals surface area contributed by atoms with Crippen LogP contribution < -0.4 is 10.1 Å². The Kier molecular flexibility index (Phi) is 6.56. The van der Waals surface area contributed by atoms with Gasteiger partial charge in [-0.05, 0) is 42.9 Å². The Balaban J connectivity index is 2.28. The summed E-state index contributed by atoms with van der Waals surface area (Å²) < 4.78 is 5.38. The molecule has 1 amide bonds. The number of carbonyl (C=O) groups excluding carboxylic acids is 1. The lowest BCUT2D eigenvalue weighted by molar-refractivity contribution is -0.120. The van der Waals surface area contributed by atoms with Crippen LogP contribution in [0.4, 0.5) is 0 Å². The summed E-state index contributed by atoms with van der Waals surface area (Å²) in [5.74, 6) is 0.935. The number of carbonyl (C=O) groups is 1. The molecule has 0 heterocycles. The summed E-state index contributed by atoms with van der Waals surface area (Å²) in [6, 6.07) is 7.71. The molecule has 0 atom stereocenters. The second-order valence-corrected chi connectivity index (χ2v) is 6.27. The molecule has 1 N–H and O–H groups in total. The molecule has 0 aliphatic heterocycles. The minimum Gasteiger partial charge on any atom is -0.494 e. The fourth-order valence-electron chi connectivity index (χ4n) is 1.96. The molecule has 0 spiro atoms. The first-order valence-electron chi connectivity index (χ1n) is 7.39. The van der Waals surface area contributed by atoms with E-state index in [2.05, 4.69) is 26.1 Å².